The van der Waals surface area contributed by atoms with Gasteiger partial charge in [0.2, 0.25) is 0 Å². The first-order valence-corrected chi connectivity index (χ1v) is 8.12. The maximum Gasteiger partial charge on any atom is 0.351 e. The van der Waals surface area contributed by atoms with E-state index in [1.807, 2.05) is 20.8 Å². The molecular formula is C17H29N3O3. The summed E-state index contributed by atoms with van der Waals surface area (Å²) in [5.41, 5.74) is 5.02. The molecule has 0 amide bonds. The first kappa shape index (κ1) is 17.9. The Morgan fingerprint density at radius 1 is 1.35 bits per heavy atom. The van der Waals surface area contributed by atoms with E-state index in [9.17, 15) is 4.79 Å². The van der Waals surface area contributed by atoms with Gasteiger partial charge in [0.05, 0.1) is 17.8 Å². The van der Waals surface area contributed by atoms with Crippen LogP contribution in [0.1, 0.15) is 60.6 Å². The molecule has 0 spiro atoms. The van der Waals surface area contributed by atoms with Crippen LogP contribution in [0.4, 0.5) is 5.82 Å². The van der Waals surface area contributed by atoms with E-state index in [0.29, 0.717) is 6.42 Å². The monoisotopic (exact) mass is 323 g/mol. The van der Waals surface area contributed by atoms with Crippen molar-refractivity contribution in [1.82, 2.24) is 9.55 Å². The zero-order chi connectivity index (χ0) is 17.4. The summed E-state index contributed by atoms with van der Waals surface area (Å²) in [6, 6.07) is 1.61. The van der Waals surface area contributed by atoms with Crippen molar-refractivity contribution in [2.24, 2.45) is 5.41 Å². The molecular weight excluding hydrogens is 294 g/mol. The highest BCUT2D eigenvalue weighted by atomic mass is 16.6. The molecule has 6 heteroatoms. The summed E-state index contributed by atoms with van der Waals surface area (Å²) in [5.74, 6) is 0.220. The summed E-state index contributed by atoms with van der Waals surface area (Å²) in [7, 11) is 0. The number of nitrogens with two attached hydrogens (primary N) is 1. The summed E-state index contributed by atoms with van der Waals surface area (Å²) in [6.07, 6.45) is 2.66. The molecule has 1 saturated heterocycles. The average Bonchev–Trinajstić information content (AvgIpc) is 2.67. The largest absolute Gasteiger partial charge is 0.383 e. The Labute approximate surface area is 138 Å². The molecule has 1 aliphatic rings. The predicted molar refractivity (Wildman–Crippen MR) is 90.1 cm³/mol. The van der Waals surface area contributed by atoms with Gasteiger partial charge in [0.25, 0.3) is 0 Å². The fourth-order valence-electron chi connectivity index (χ4n) is 2.88. The smallest absolute Gasteiger partial charge is 0.351 e. The van der Waals surface area contributed by atoms with Crippen LogP contribution in [-0.2, 0) is 9.47 Å². The van der Waals surface area contributed by atoms with Crippen molar-refractivity contribution >= 4 is 5.82 Å². The van der Waals surface area contributed by atoms with E-state index in [-0.39, 0.29) is 41.0 Å². The highest BCUT2D eigenvalue weighted by molar-refractivity contribution is 5.23. The molecule has 1 fully saturated rings. The van der Waals surface area contributed by atoms with Crippen LogP contribution in [0.3, 0.4) is 0 Å². The van der Waals surface area contributed by atoms with Crippen molar-refractivity contribution < 1.29 is 9.47 Å². The van der Waals surface area contributed by atoms with E-state index in [0.717, 1.165) is 6.42 Å². The summed E-state index contributed by atoms with van der Waals surface area (Å²) in [5, 5.41) is 0. The zero-order valence-electron chi connectivity index (χ0n) is 15.0. The van der Waals surface area contributed by atoms with Gasteiger partial charge in [-0.1, -0.05) is 20.8 Å². The molecule has 130 valence electrons. The van der Waals surface area contributed by atoms with Gasteiger partial charge < -0.3 is 15.2 Å². The summed E-state index contributed by atoms with van der Waals surface area (Å²) in [4.78, 5) is 15.8. The lowest BCUT2D eigenvalue weighted by atomic mass is 9.87. The molecule has 6 nitrogen and oxygen atoms in total. The van der Waals surface area contributed by atoms with Gasteiger partial charge in [0.1, 0.15) is 12.0 Å². The van der Waals surface area contributed by atoms with Crippen molar-refractivity contribution in [1.29, 1.82) is 0 Å². The quantitative estimate of drug-likeness (QED) is 0.925. The van der Waals surface area contributed by atoms with E-state index in [1.54, 1.807) is 12.3 Å². The van der Waals surface area contributed by atoms with Crippen LogP contribution in [0.25, 0.3) is 0 Å². The SMILES string of the molecule is CC(C)(C)C[C@H]1O[C@@H](n2ccc(N)nc2=O)C[C@@H]1OC(C)(C)C. The first-order chi connectivity index (χ1) is 10.4. The highest BCUT2D eigenvalue weighted by Crippen LogP contribution is 2.37. The predicted octanol–water partition coefficient (Wildman–Crippen LogP) is 2.73. The Bertz CT molecular complexity index is 574. The van der Waals surface area contributed by atoms with Crippen LogP contribution in [0.2, 0.25) is 0 Å². The standard InChI is InChI=1S/C17H29N3O3/c1-16(2,3)10-12-11(23-17(4,5)6)9-14(22-12)20-8-7-13(18)19-15(20)21/h7-8,11-12,14H,9-10H2,1-6H3,(H2,18,19,21)/t11-,12+,14+/m0/s1. The lowest BCUT2D eigenvalue weighted by molar-refractivity contribution is -0.102. The van der Waals surface area contributed by atoms with Gasteiger partial charge in [-0.3, -0.25) is 4.57 Å². The van der Waals surface area contributed by atoms with E-state index in [2.05, 4.69) is 25.8 Å². The molecule has 0 radical (unpaired) electrons. The Hall–Kier alpha value is -1.40. The van der Waals surface area contributed by atoms with Gasteiger partial charge in [0.15, 0.2) is 0 Å². The van der Waals surface area contributed by atoms with Crippen molar-refractivity contribution in [2.75, 3.05) is 5.73 Å². The molecule has 0 saturated carbocycles. The van der Waals surface area contributed by atoms with Crippen molar-refractivity contribution in [2.45, 2.75) is 78.4 Å². The van der Waals surface area contributed by atoms with E-state index in [4.69, 9.17) is 15.2 Å². The Balaban J connectivity index is 2.23. The van der Waals surface area contributed by atoms with Gasteiger partial charge in [-0.2, -0.15) is 4.98 Å². The molecule has 0 unspecified atom stereocenters. The van der Waals surface area contributed by atoms with Gasteiger partial charge in [-0.05, 0) is 38.7 Å². The van der Waals surface area contributed by atoms with Gasteiger partial charge >= 0.3 is 5.69 Å². The second-order valence-corrected chi connectivity index (χ2v) is 8.44. The fourth-order valence-corrected chi connectivity index (χ4v) is 2.88. The third kappa shape index (κ3) is 5.04. The molecule has 2 heterocycles. The first-order valence-electron chi connectivity index (χ1n) is 8.12. The maximum absolute atomic E-state index is 12.1. The molecule has 2 rings (SSSR count). The van der Waals surface area contributed by atoms with Crippen LogP contribution in [-0.4, -0.2) is 27.4 Å². The van der Waals surface area contributed by atoms with Crippen molar-refractivity contribution in [3.63, 3.8) is 0 Å². The number of nitrogens with zero attached hydrogens (tertiary/aromatic N) is 2. The molecule has 1 aliphatic heterocycles. The number of ether oxygens (including phenoxy) is 2. The minimum absolute atomic E-state index is 0.0521. The summed E-state index contributed by atoms with van der Waals surface area (Å²) in [6.45, 7) is 12.6. The second-order valence-electron chi connectivity index (χ2n) is 8.44. The minimum atomic E-state index is -0.388. The zero-order valence-corrected chi connectivity index (χ0v) is 15.0. The molecule has 2 N–H and O–H groups in total. The Morgan fingerprint density at radius 3 is 2.52 bits per heavy atom. The third-order valence-corrected chi connectivity index (χ3v) is 3.66. The van der Waals surface area contributed by atoms with Gasteiger partial charge in [-0.15, -0.1) is 0 Å². The molecule has 0 bridgehead atoms. The number of hydrogen-bond acceptors (Lipinski definition) is 5. The number of nitrogen functional groups attached to an aromatic ring is 1. The van der Waals surface area contributed by atoms with Crippen LogP contribution in [0.5, 0.6) is 0 Å². The molecule has 0 aromatic carbocycles. The van der Waals surface area contributed by atoms with Crippen molar-refractivity contribution in [3.05, 3.63) is 22.7 Å². The second kappa shape index (κ2) is 6.24. The topological polar surface area (TPSA) is 79.4 Å². The van der Waals surface area contributed by atoms with Gasteiger partial charge in [0, 0.05) is 12.6 Å². The Kier molecular flexibility index (Phi) is 4.87. The molecule has 1 aromatic rings. The maximum atomic E-state index is 12.1. The Morgan fingerprint density at radius 2 is 2.00 bits per heavy atom. The highest BCUT2D eigenvalue weighted by Gasteiger charge is 2.41. The lowest BCUT2D eigenvalue weighted by Gasteiger charge is -2.31. The number of anilines is 1. The fraction of sp³-hybridized carbons (Fsp3) is 0.765. The van der Waals surface area contributed by atoms with Crippen LogP contribution < -0.4 is 11.4 Å². The van der Waals surface area contributed by atoms with E-state index < -0.39 is 0 Å². The van der Waals surface area contributed by atoms with E-state index in [1.165, 1.54) is 4.57 Å². The molecule has 3 atom stereocenters. The van der Waals surface area contributed by atoms with E-state index >= 15 is 0 Å². The molecule has 0 aliphatic carbocycles. The molecule has 23 heavy (non-hydrogen) atoms. The third-order valence-electron chi connectivity index (χ3n) is 3.66. The summed E-state index contributed by atoms with van der Waals surface area (Å²) >= 11 is 0. The van der Waals surface area contributed by atoms with Crippen LogP contribution in [0.15, 0.2) is 17.1 Å². The van der Waals surface area contributed by atoms with Crippen molar-refractivity contribution in [3.8, 4) is 0 Å². The minimum Gasteiger partial charge on any atom is -0.383 e. The average molecular weight is 323 g/mol. The normalized spacial score (nSPS) is 25.7. The lowest BCUT2D eigenvalue weighted by Crippen LogP contribution is -2.35. The molecule has 1 aromatic heterocycles. The number of aromatic nitrogens is 2. The number of rotatable bonds is 3. The van der Waals surface area contributed by atoms with Crippen LogP contribution in [0, 0.1) is 5.41 Å². The van der Waals surface area contributed by atoms with Gasteiger partial charge in [-0.25, -0.2) is 4.79 Å². The number of hydrogen-bond donors (Lipinski definition) is 1. The van der Waals surface area contributed by atoms with Crippen LogP contribution >= 0.6 is 0 Å². The summed E-state index contributed by atoms with van der Waals surface area (Å²) < 4.78 is 13.8.